The Morgan fingerprint density at radius 1 is 1.29 bits per heavy atom. The Labute approximate surface area is 168 Å². The SMILES string of the molecule is C=CCSc1nc2nc3c(cc2c(=O)n1Cc1ccccc1)COC(C)(C)C3. The van der Waals surface area contributed by atoms with Crippen molar-refractivity contribution >= 4 is 22.8 Å². The number of hydrogen-bond donors (Lipinski definition) is 0. The molecule has 0 spiro atoms. The van der Waals surface area contributed by atoms with E-state index < -0.39 is 0 Å². The molecule has 0 unspecified atom stereocenters. The molecule has 6 heteroatoms. The van der Waals surface area contributed by atoms with E-state index in [0.29, 0.717) is 41.5 Å². The van der Waals surface area contributed by atoms with Crippen molar-refractivity contribution in [3.8, 4) is 0 Å². The predicted octanol–water partition coefficient (Wildman–Crippen LogP) is 3.97. The van der Waals surface area contributed by atoms with E-state index in [9.17, 15) is 4.79 Å². The summed E-state index contributed by atoms with van der Waals surface area (Å²) in [6.07, 6.45) is 2.52. The lowest BCUT2D eigenvalue weighted by Gasteiger charge is -2.31. The van der Waals surface area contributed by atoms with Crippen LogP contribution in [0, 0.1) is 0 Å². The largest absolute Gasteiger partial charge is 0.370 e. The summed E-state index contributed by atoms with van der Waals surface area (Å²) in [5, 5.41) is 1.21. The van der Waals surface area contributed by atoms with E-state index in [1.54, 1.807) is 4.57 Å². The van der Waals surface area contributed by atoms with Gasteiger partial charge in [-0.1, -0.05) is 48.2 Å². The molecule has 3 aromatic rings. The topological polar surface area (TPSA) is 57.0 Å². The Hall–Kier alpha value is -2.44. The molecule has 1 aliphatic heterocycles. The van der Waals surface area contributed by atoms with E-state index in [-0.39, 0.29) is 11.2 Å². The van der Waals surface area contributed by atoms with Crippen molar-refractivity contribution < 1.29 is 4.74 Å². The summed E-state index contributed by atoms with van der Waals surface area (Å²) in [6.45, 7) is 8.83. The molecule has 0 saturated carbocycles. The average molecular weight is 394 g/mol. The van der Waals surface area contributed by atoms with E-state index in [1.165, 1.54) is 11.8 Å². The van der Waals surface area contributed by atoms with Crippen LogP contribution in [0.3, 0.4) is 0 Å². The van der Waals surface area contributed by atoms with Crippen LogP contribution in [0.25, 0.3) is 11.0 Å². The number of pyridine rings is 1. The molecule has 0 radical (unpaired) electrons. The lowest BCUT2D eigenvalue weighted by molar-refractivity contribution is -0.0411. The van der Waals surface area contributed by atoms with Gasteiger partial charge in [-0.15, -0.1) is 6.58 Å². The molecule has 2 aromatic heterocycles. The maximum absolute atomic E-state index is 13.3. The number of aromatic nitrogens is 3. The second-order valence-corrected chi connectivity index (χ2v) is 8.55. The molecule has 3 heterocycles. The fraction of sp³-hybridized carbons (Fsp3) is 0.318. The van der Waals surface area contributed by atoms with Crippen LogP contribution in [0.2, 0.25) is 0 Å². The zero-order valence-electron chi connectivity index (χ0n) is 16.1. The highest BCUT2D eigenvalue weighted by atomic mass is 32.2. The fourth-order valence-corrected chi connectivity index (χ4v) is 4.08. The van der Waals surface area contributed by atoms with Gasteiger partial charge in [-0.2, -0.15) is 0 Å². The van der Waals surface area contributed by atoms with Crippen molar-refractivity contribution in [2.45, 2.75) is 44.2 Å². The number of hydrogen-bond acceptors (Lipinski definition) is 5. The van der Waals surface area contributed by atoms with Crippen molar-refractivity contribution in [3.05, 3.63) is 76.2 Å². The normalized spacial score (nSPS) is 15.4. The van der Waals surface area contributed by atoms with Crippen molar-refractivity contribution in [3.63, 3.8) is 0 Å². The van der Waals surface area contributed by atoms with Gasteiger partial charge in [0.15, 0.2) is 10.8 Å². The monoisotopic (exact) mass is 393 g/mol. The number of fused-ring (bicyclic) bond motifs is 2. The van der Waals surface area contributed by atoms with Gasteiger partial charge in [-0.3, -0.25) is 9.36 Å². The van der Waals surface area contributed by atoms with Gasteiger partial charge >= 0.3 is 0 Å². The van der Waals surface area contributed by atoms with Crippen LogP contribution in [-0.2, 0) is 24.3 Å². The number of benzene rings is 1. The van der Waals surface area contributed by atoms with Gasteiger partial charge in [0, 0.05) is 17.7 Å². The van der Waals surface area contributed by atoms with E-state index in [0.717, 1.165) is 16.8 Å². The molecule has 28 heavy (non-hydrogen) atoms. The summed E-state index contributed by atoms with van der Waals surface area (Å²) in [7, 11) is 0. The molecule has 5 nitrogen and oxygen atoms in total. The van der Waals surface area contributed by atoms with Crippen LogP contribution >= 0.6 is 11.8 Å². The molecule has 1 aromatic carbocycles. The standard InChI is InChI=1S/C22H23N3O2S/c1-4-10-28-21-24-19-17(11-16-14-27-22(2,3)12-18(16)23-19)20(26)25(21)13-15-8-6-5-7-9-15/h4-9,11H,1,10,12-14H2,2-3H3. The molecule has 144 valence electrons. The zero-order valence-corrected chi connectivity index (χ0v) is 17.0. The van der Waals surface area contributed by atoms with Gasteiger partial charge < -0.3 is 4.74 Å². The van der Waals surface area contributed by atoms with Crippen LogP contribution in [0.15, 0.2) is 59.0 Å². The molecule has 0 N–H and O–H groups in total. The van der Waals surface area contributed by atoms with E-state index in [2.05, 4.69) is 20.4 Å². The summed E-state index contributed by atoms with van der Waals surface area (Å²) in [4.78, 5) is 22.8. The first-order chi connectivity index (χ1) is 13.5. The minimum atomic E-state index is -0.254. The number of thioether (sulfide) groups is 1. The Morgan fingerprint density at radius 2 is 2.07 bits per heavy atom. The molecule has 0 bridgehead atoms. The second-order valence-electron chi connectivity index (χ2n) is 7.56. The van der Waals surface area contributed by atoms with Gasteiger partial charge in [0.1, 0.15) is 0 Å². The molecule has 1 aliphatic rings. The molecule has 0 amide bonds. The van der Waals surface area contributed by atoms with Crippen molar-refractivity contribution in [2.75, 3.05) is 5.75 Å². The number of nitrogens with zero attached hydrogens (tertiary/aromatic N) is 3. The first-order valence-corrected chi connectivity index (χ1v) is 10.3. The molecule has 0 saturated heterocycles. The molecular weight excluding hydrogens is 370 g/mol. The van der Waals surface area contributed by atoms with E-state index in [4.69, 9.17) is 14.7 Å². The number of rotatable bonds is 5. The predicted molar refractivity (Wildman–Crippen MR) is 113 cm³/mol. The third-order valence-corrected chi connectivity index (χ3v) is 5.78. The van der Waals surface area contributed by atoms with Crippen LogP contribution in [0.4, 0.5) is 0 Å². The highest BCUT2D eigenvalue weighted by molar-refractivity contribution is 7.99. The maximum Gasteiger partial charge on any atom is 0.264 e. The maximum atomic E-state index is 13.3. The smallest absolute Gasteiger partial charge is 0.264 e. The van der Waals surface area contributed by atoms with Crippen LogP contribution in [0.1, 0.15) is 30.7 Å². The molecule has 0 aliphatic carbocycles. The lowest BCUT2D eigenvalue weighted by Crippen LogP contribution is -2.33. The zero-order chi connectivity index (χ0) is 19.7. The molecular formula is C22H23N3O2S. The van der Waals surface area contributed by atoms with Gasteiger partial charge in [0.25, 0.3) is 5.56 Å². The summed E-state index contributed by atoms with van der Waals surface area (Å²) in [6, 6.07) is 11.9. The second kappa shape index (κ2) is 7.53. The van der Waals surface area contributed by atoms with Crippen LogP contribution in [-0.4, -0.2) is 25.9 Å². The van der Waals surface area contributed by atoms with Crippen LogP contribution in [0.5, 0.6) is 0 Å². The highest BCUT2D eigenvalue weighted by Crippen LogP contribution is 2.28. The van der Waals surface area contributed by atoms with Crippen LogP contribution < -0.4 is 5.56 Å². The minimum absolute atomic E-state index is 0.0689. The molecule has 0 atom stereocenters. The van der Waals surface area contributed by atoms with Gasteiger partial charge in [0.2, 0.25) is 0 Å². The fourth-order valence-electron chi connectivity index (χ4n) is 3.36. The van der Waals surface area contributed by atoms with E-state index in [1.807, 2.05) is 42.5 Å². The third-order valence-electron chi connectivity index (χ3n) is 4.80. The molecule has 4 rings (SSSR count). The number of ether oxygens (including phenoxy) is 1. The van der Waals surface area contributed by atoms with E-state index >= 15 is 0 Å². The Bertz CT molecular complexity index is 1090. The summed E-state index contributed by atoms with van der Waals surface area (Å²) >= 11 is 1.50. The first kappa shape index (κ1) is 18.9. The first-order valence-electron chi connectivity index (χ1n) is 9.32. The Kier molecular flexibility index (Phi) is 5.08. The highest BCUT2D eigenvalue weighted by Gasteiger charge is 2.28. The van der Waals surface area contributed by atoms with Gasteiger partial charge in [0.05, 0.1) is 29.8 Å². The average Bonchev–Trinajstić information content (AvgIpc) is 2.68. The lowest BCUT2D eigenvalue weighted by atomic mass is 9.95. The third kappa shape index (κ3) is 3.75. The minimum Gasteiger partial charge on any atom is -0.370 e. The summed E-state index contributed by atoms with van der Waals surface area (Å²) in [5.74, 6) is 0.679. The quantitative estimate of drug-likeness (QED) is 0.373. The van der Waals surface area contributed by atoms with Crippen molar-refractivity contribution in [2.24, 2.45) is 0 Å². The Morgan fingerprint density at radius 3 is 2.82 bits per heavy atom. The Balaban J connectivity index is 1.86. The summed E-state index contributed by atoms with van der Waals surface area (Å²) < 4.78 is 7.63. The molecule has 0 fully saturated rings. The van der Waals surface area contributed by atoms with Gasteiger partial charge in [-0.25, -0.2) is 9.97 Å². The summed E-state index contributed by atoms with van der Waals surface area (Å²) in [5.41, 5.74) is 3.19. The van der Waals surface area contributed by atoms with Gasteiger partial charge in [-0.05, 0) is 25.5 Å². The van der Waals surface area contributed by atoms with Crippen molar-refractivity contribution in [1.29, 1.82) is 0 Å². The van der Waals surface area contributed by atoms with Crippen molar-refractivity contribution in [1.82, 2.24) is 14.5 Å².